The van der Waals surface area contributed by atoms with Crippen LogP contribution in [0.25, 0.3) is 11.1 Å². The minimum Gasteiger partial charge on any atom is -0.408 e. The van der Waals surface area contributed by atoms with E-state index in [0.717, 1.165) is 37.3 Å². The maximum Gasteiger partial charge on any atom is 0.421 e. The van der Waals surface area contributed by atoms with Gasteiger partial charge in [-0.05, 0) is 24.6 Å². The maximum atomic E-state index is 12.2. The van der Waals surface area contributed by atoms with Crippen molar-refractivity contribution >= 4 is 11.1 Å². The van der Waals surface area contributed by atoms with Gasteiger partial charge in [0.1, 0.15) is 0 Å². The summed E-state index contributed by atoms with van der Waals surface area (Å²) in [6.45, 7) is 6.05. The third kappa shape index (κ3) is 4.17. The molecule has 1 aliphatic rings. The standard InChI is InChI=1S/C23H25N5O3/c1-17(22-24-21(25-31-22)15-18-7-3-2-4-8-18)27-13-11-26(12-14-27)16-28-19-9-5-6-10-20(19)30-23(28)29/h2-10,17H,11-16H2,1H3/t17-/m1/s1. The van der Waals surface area contributed by atoms with Gasteiger partial charge in [0.2, 0.25) is 5.89 Å². The number of oxazole rings is 1. The van der Waals surface area contributed by atoms with Crippen molar-refractivity contribution in [3.63, 3.8) is 0 Å². The van der Waals surface area contributed by atoms with E-state index < -0.39 is 0 Å². The first-order chi connectivity index (χ1) is 15.2. The molecule has 0 radical (unpaired) electrons. The zero-order valence-electron chi connectivity index (χ0n) is 17.5. The van der Waals surface area contributed by atoms with E-state index in [0.29, 0.717) is 30.4 Å². The number of hydrogen-bond donors (Lipinski definition) is 0. The first-order valence-electron chi connectivity index (χ1n) is 10.6. The molecule has 3 heterocycles. The second-order valence-electron chi connectivity index (χ2n) is 7.95. The van der Waals surface area contributed by atoms with Gasteiger partial charge in [-0.1, -0.05) is 47.6 Å². The Morgan fingerprint density at radius 3 is 2.55 bits per heavy atom. The van der Waals surface area contributed by atoms with Gasteiger partial charge in [0.05, 0.1) is 18.2 Å². The van der Waals surface area contributed by atoms with Gasteiger partial charge in [-0.3, -0.25) is 14.4 Å². The maximum absolute atomic E-state index is 12.2. The third-order valence-electron chi connectivity index (χ3n) is 5.92. The summed E-state index contributed by atoms with van der Waals surface area (Å²) in [7, 11) is 0. The van der Waals surface area contributed by atoms with Crippen LogP contribution in [0.1, 0.15) is 30.2 Å². The Labute approximate surface area is 179 Å². The highest BCUT2D eigenvalue weighted by Gasteiger charge is 2.26. The molecule has 0 spiro atoms. The van der Waals surface area contributed by atoms with E-state index in [1.807, 2.05) is 42.5 Å². The van der Waals surface area contributed by atoms with Crippen molar-refractivity contribution in [1.82, 2.24) is 24.5 Å². The fraction of sp³-hybridized carbons (Fsp3) is 0.348. The second-order valence-corrected chi connectivity index (χ2v) is 7.95. The first-order valence-corrected chi connectivity index (χ1v) is 10.6. The molecule has 1 fully saturated rings. The molecule has 5 rings (SSSR count). The molecule has 0 unspecified atom stereocenters. The van der Waals surface area contributed by atoms with Crippen LogP contribution >= 0.6 is 0 Å². The Morgan fingerprint density at radius 2 is 1.74 bits per heavy atom. The Kier molecular flexibility index (Phi) is 5.40. The number of para-hydroxylation sites is 2. The van der Waals surface area contributed by atoms with Crippen LogP contribution in [-0.2, 0) is 13.1 Å². The van der Waals surface area contributed by atoms with Gasteiger partial charge in [-0.15, -0.1) is 0 Å². The van der Waals surface area contributed by atoms with Crippen LogP contribution in [0, 0.1) is 0 Å². The molecule has 1 atom stereocenters. The first kappa shape index (κ1) is 19.7. The van der Waals surface area contributed by atoms with Gasteiger partial charge in [0, 0.05) is 32.6 Å². The molecule has 2 aromatic carbocycles. The largest absolute Gasteiger partial charge is 0.421 e. The number of aromatic nitrogens is 3. The van der Waals surface area contributed by atoms with Crippen molar-refractivity contribution < 1.29 is 8.94 Å². The zero-order valence-corrected chi connectivity index (χ0v) is 17.5. The molecule has 0 saturated carbocycles. The van der Waals surface area contributed by atoms with Gasteiger partial charge >= 0.3 is 5.76 Å². The second kappa shape index (κ2) is 8.49. The SMILES string of the molecule is C[C@H](c1nc(Cc2ccccc2)no1)N1CCN(Cn2c(=O)oc3ccccc32)CC1. The van der Waals surface area contributed by atoms with Gasteiger partial charge in [0.25, 0.3) is 0 Å². The highest BCUT2D eigenvalue weighted by molar-refractivity contribution is 5.72. The van der Waals surface area contributed by atoms with Crippen molar-refractivity contribution in [2.24, 2.45) is 0 Å². The number of rotatable bonds is 6. The van der Waals surface area contributed by atoms with Crippen molar-refractivity contribution in [1.29, 1.82) is 0 Å². The third-order valence-corrected chi connectivity index (χ3v) is 5.92. The molecule has 8 heteroatoms. The van der Waals surface area contributed by atoms with Gasteiger partial charge in [-0.2, -0.15) is 4.98 Å². The van der Waals surface area contributed by atoms with Crippen LogP contribution < -0.4 is 5.76 Å². The predicted octanol–water partition coefficient (Wildman–Crippen LogP) is 2.90. The van der Waals surface area contributed by atoms with E-state index in [-0.39, 0.29) is 11.8 Å². The molecule has 8 nitrogen and oxygen atoms in total. The number of fused-ring (bicyclic) bond motifs is 1. The lowest BCUT2D eigenvalue weighted by molar-refractivity contribution is 0.0710. The smallest absolute Gasteiger partial charge is 0.408 e. The quantitative estimate of drug-likeness (QED) is 0.475. The average molecular weight is 419 g/mol. The van der Waals surface area contributed by atoms with E-state index in [2.05, 4.69) is 39.0 Å². The van der Waals surface area contributed by atoms with Crippen molar-refractivity contribution in [2.75, 3.05) is 26.2 Å². The Bertz CT molecular complexity index is 1200. The molecule has 2 aromatic heterocycles. The summed E-state index contributed by atoms with van der Waals surface area (Å²) in [6.07, 6.45) is 0.665. The fourth-order valence-corrected chi connectivity index (χ4v) is 4.08. The summed E-state index contributed by atoms with van der Waals surface area (Å²) < 4.78 is 12.6. The topological polar surface area (TPSA) is 80.5 Å². The van der Waals surface area contributed by atoms with E-state index >= 15 is 0 Å². The van der Waals surface area contributed by atoms with E-state index in [4.69, 9.17) is 8.94 Å². The molecule has 0 bridgehead atoms. The van der Waals surface area contributed by atoms with E-state index in [9.17, 15) is 4.79 Å². The highest BCUT2D eigenvalue weighted by Crippen LogP contribution is 2.21. The molecule has 0 N–H and O–H groups in total. The lowest BCUT2D eigenvalue weighted by Crippen LogP contribution is -2.48. The van der Waals surface area contributed by atoms with E-state index in [1.165, 1.54) is 0 Å². The van der Waals surface area contributed by atoms with Crippen LogP contribution in [0.5, 0.6) is 0 Å². The summed E-state index contributed by atoms with van der Waals surface area (Å²) in [4.78, 5) is 21.5. The van der Waals surface area contributed by atoms with Crippen molar-refractivity contribution in [3.8, 4) is 0 Å². The van der Waals surface area contributed by atoms with Crippen LogP contribution in [0.15, 0.2) is 68.3 Å². The fourth-order valence-electron chi connectivity index (χ4n) is 4.08. The van der Waals surface area contributed by atoms with Crippen molar-refractivity contribution in [2.45, 2.75) is 26.1 Å². The number of benzene rings is 2. The molecule has 31 heavy (non-hydrogen) atoms. The number of nitrogens with zero attached hydrogens (tertiary/aromatic N) is 5. The lowest BCUT2D eigenvalue weighted by Gasteiger charge is -2.36. The Morgan fingerprint density at radius 1 is 1.00 bits per heavy atom. The van der Waals surface area contributed by atoms with Crippen LogP contribution in [0.4, 0.5) is 0 Å². The number of hydrogen-bond acceptors (Lipinski definition) is 7. The molecule has 0 aliphatic carbocycles. The molecular weight excluding hydrogens is 394 g/mol. The summed E-state index contributed by atoms with van der Waals surface area (Å²) >= 11 is 0. The Hall–Kier alpha value is -3.23. The highest BCUT2D eigenvalue weighted by atomic mass is 16.5. The molecule has 1 saturated heterocycles. The van der Waals surface area contributed by atoms with Crippen LogP contribution in [-0.4, -0.2) is 50.7 Å². The summed E-state index contributed by atoms with van der Waals surface area (Å²) in [5.74, 6) is 1.04. The van der Waals surface area contributed by atoms with Crippen LogP contribution in [0.3, 0.4) is 0 Å². The van der Waals surface area contributed by atoms with Crippen molar-refractivity contribution in [3.05, 3.63) is 82.4 Å². The average Bonchev–Trinajstić information content (AvgIpc) is 3.39. The molecule has 4 aromatic rings. The molecule has 160 valence electrons. The minimum atomic E-state index is -0.311. The minimum absolute atomic E-state index is 0.0525. The van der Waals surface area contributed by atoms with Gasteiger partial charge in [-0.25, -0.2) is 4.79 Å². The Balaban J connectivity index is 1.19. The van der Waals surface area contributed by atoms with Gasteiger partial charge in [0.15, 0.2) is 11.4 Å². The summed E-state index contributed by atoms with van der Waals surface area (Å²) in [5.41, 5.74) is 2.63. The molecule has 0 amide bonds. The zero-order chi connectivity index (χ0) is 21.2. The normalized spacial score (nSPS) is 16.7. The van der Waals surface area contributed by atoms with Gasteiger partial charge < -0.3 is 8.94 Å². The summed E-state index contributed by atoms with van der Waals surface area (Å²) in [6, 6.07) is 17.7. The van der Waals surface area contributed by atoms with E-state index in [1.54, 1.807) is 4.57 Å². The van der Waals surface area contributed by atoms with Crippen LogP contribution in [0.2, 0.25) is 0 Å². The molecule has 1 aliphatic heterocycles. The lowest BCUT2D eigenvalue weighted by atomic mass is 10.1. The molecular formula is C23H25N5O3. The number of piperazine rings is 1. The summed E-state index contributed by atoms with van der Waals surface area (Å²) in [5, 5.41) is 4.16. The monoisotopic (exact) mass is 419 g/mol. The predicted molar refractivity (Wildman–Crippen MR) is 116 cm³/mol.